The van der Waals surface area contributed by atoms with Crippen LogP contribution in [0.4, 0.5) is 0 Å². The first-order valence-corrected chi connectivity index (χ1v) is 12.0. The number of carbonyl (C=O) groups excluding carboxylic acids is 1. The molecule has 174 valence electrons. The van der Waals surface area contributed by atoms with Gasteiger partial charge in [0.05, 0.1) is 18.1 Å². The van der Waals surface area contributed by atoms with Crippen molar-refractivity contribution in [2.45, 2.75) is 44.2 Å². The minimum atomic E-state index is -3.67. The van der Waals surface area contributed by atoms with Gasteiger partial charge in [0.2, 0.25) is 10.0 Å². The molecule has 2 aromatic rings. The maximum absolute atomic E-state index is 12.7. The van der Waals surface area contributed by atoms with Gasteiger partial charge in [-0.15, -0.1) is 0 Å². The van der Waals surface area contributed by atoms with E-state index in [-0.39, 0.29) is 29.0 Å². The van der Waals surface area contributed by atoms with Gasteiger partial charge < -0.3 is 19.5 Å². The molecule has 1 saturated heterocycles. The van der Waals surface area contributed by atoms with Crippen molar-refractivity contribution in [3.8, 4) is 11.5 Å². The fourth-order valence-electron chi connectivity index (χ4n) is 3.53. The fraction of sp³-hybridized carbons (Fsp3) is 0.435. The average Bonchev–Trinajstić information content (AvgIpc) is 3.31. The number of sulfonamides is 1. The van der Waals surface area contributed by atoms with Gasteiger partial charge in [-0.2, -0.15) is 0 Å². The standard InChI is InChI=1S/C23H30N2O6S/c1-15-10-18(12-22(16(15)2)32(27,28)24-3)23(26)25-13-17-7-8-20(21(11-17)29-4)31-14-19-6-5-9-30-19/h7-8,10-12,19,24H,5-6,9,13-14H2,1-4H3,(H,25,26). The molecule has 0 aromatic heterocycles. The van der Waals surface area contributed by atoms with E-state index in [0.29, 0.717) is 23.7 Å². The average molecular weight is 463 g/mol. The van der Waals surface area contributed by atoms with Crippen molar-refractivity contribution in [3.63, 3.8) is 0 Å². The van der Waals surface area contributed by atoms with E-state index in [1.54, 1.807) is 27.0 Å². The molecule has 1 aliphatic heterocycles. The highest BCUT2D eigenvalue weighted by Crippen LogP contribution is 2.29. The second kappa shape index (κ2) is 10.3. The Labute approximate surface area is 189 Å². The quantitative estimate of drug-likeness (QED) is 0.594. The summed E-state index contributed by atoms with van der Waals surface area (Å²) >= 11 is 0. The van der Waals surface area contributed by atoms with E-state index in [4.69, 9.17) is 14.2 Å². The van der Waals surface area contributed by atoms with E-state index >= 15 is 0 Å². The first-order valence-electron chi connectivity index (χ1n) is 10.5. The molecule has 0 aliphatic carbocycles. The number of benzene rings is 2. The zero-order valence-electron chi connectivity index (χ0n) is 18.9. The lowest BCUT2D eigenvalue weighted by Crippen LogP contribution is -2.25. The summed E-state index contributed by atoms with van der Waals surface area (Å²) in [7, 11) is -0.759. The van der Waals surface area contributed by atoms with Crippen molar-refractivity contribution in [3.05, 3.63) is 52.6 Å². The van der Waals surface area contributed by atoms with Crippen LogP contribution in [-0.2, 0) is 21.3 Å². The predicted octanol–water partition coefficient (Wildman–Crippen LogP) is 2.71. The second-order valence-electron chi connectivity index (χ2n) is 7.74. The largest absolute Gasteiger partial charge is 0.493 e. The van der Waals surface area contributed by atoms with Gasteiger partial charge >= 0.3 is 0 Å². The third kappa shape index (κ3) is 5.59. The van der Waals surface area contributed by atoms with E-state index in [1.165, 1.54) is 13.1 Å². The Kier molecular flexibility index (Phi) is 7.76. The highest BCUT2D eigenvalue weighted by atomic mass is 32.2. The first-order chi connectivity index (χ1) is 15.2. The highest BCUT2D eigenvalue weighted by Gasteiger charge is 2.20. The molecule has 1 unspecified atom stereocenters. The zero-order valence-corrected chi connectivity index (χ0v) is 19.7. The molecule has 0 radical (unpaired) electrons. The molecule has 0 spiro atoms. The van der Waals surface area contributed by atoms with Gasteiger partial charge in [0, 0.05) is 18.7 Å². The van der Waals surface area contributed by atoms with Crippen LogP contribution in [0, 0.1) is 13.8 Å². The minimum absolute atomic E-state index is 0.0968. The molecule has 9 heteroatoms. The minimum Gasteiger partial charge on any atom is -0.493 e. The van der Waals surface area contributed by atoms with Crippen LogP contribution in [0.15, 0.2) is 35.2 Å². The smallest absolute Gasteiger partial charge is 0.251 e. The number of carbonyl (C=O) groups is 1. The summed E-state index contributed by atoms with van der Waals surface area (Å²) in [5, 5.41) is 2.84. The summed E-state index contributed by atoms with van der Waals surface area (Å²) in [6, 6.07) is 8.55. The van der Waals surface area contributed by atoms with Crippen LogP contribution >= 0.6 is 0 Å². The molecule has 1 amide bonds. The van der Waals surface area contributed by atoms with Crippen LogP contribution in [0.5, 0.6) is 11.5 Å². The lowest BCUT2D eigenvalue weighted by Gasteiger charge is -2.15. The second-order valence-corrected chi connectivity index (χ2v) is 9.59. The number of hydrogen-bond donors (Lipinski definition) is 2. The van der Waals surface area contributed by atoms with Crippen molar-refractivity contribution in [2.24, 2.45) is 0 Å². The Morgan fingerprint density at radius 1 is 1.19 bits per heavy atom. The summed E-state index contributed by atoms with van der Waals surface area (Å²) in [6.07, 6.45) is 2.14. The van der Waals surface area contributed by atoms with Gasteiger partial charge in [0.25, 0.3) is 5.91 Å². The lowest BCUT2D eigenvalue weighted by molar-refractivity contribution is 0.0669. The molecule has 8 nitrogen and oxygen atoms in total. The van der Waals surface area contributed by atoms with E-state index in [1.807, 2.05) is 18.2 Å². The molecule has 1 aliphatic rings. The van der Waals surface area contributed by atoms with Gasteiger partial charge in [-0.1, -0.05) is 6.07 Å². The van der Waals surface area contributed by atoms with Crippen LogP contribution in [0.2, 0.25) is 0 Å². The number of aryl methyl sites for hydroxylation is 1. The van der Waals surface area contributed by atoms with Crippen LogP contribution in [0.3, 0.4) is 0 Å². The Hall–Kier alpha value is -2.62. The number of ether oxygens (including phenoxy) is 3. The lowest BCUT2D eigenvalue weighted by atomic mass is 10.1. The molecular formula is C23H30N2O6S. The van der Waals surface area contributed by atoms with Gasteiger partial charge in [-0.25, -0.2) is 13.1 Å². The van der Waals surface area contributed by atoms with Gasteiger partial charge in [0.1, 0.15) is 6.61 Å². The van der Waals surface area contributed by atoms with Gasteiger partial charge in [-0.05, 0) is 74.7 Å². The SMILES string of the molecule is CNS(=O)(=O)c1cc(C(=O)NCc2ccc(OCC3CCCO3)c(OC)c2)cc(C)c1C. The first kappa shape index (κ1) is 24.0. The fourth-order valence-corrected chi connectivity index (χ4v) is 4.60. The zero-order chi connectivity index (χ0) is 23.3. The highest BCUT2D eigenvalue weighted by molar-refractivity contribution is 7.89. The Morgan fingerprint density at radius 2 is 1.97 bits per heavy atom. The third-order valence-corrected chi connectivity index (χ3v) is 7.11. The summed E-state index contributed by atoms with van der Waals surface area (Å²) in [5.74, 6) is 0.829. The molecule has 3 rings (SSSR count). The monoisotopic (exact) mass is 462 g/mol. The van der Waals surface area contributed by atoms with Crippen LogP contribution in [0.25, 0.3) is 0 Å². The number of methoxy groups -OCH3 is 1. The molecule has 0 bridgehead atoms. The van der Waals surface area contributed by atoms with Crippen molar-refractivity contribution in [1.82, 2.24) is 10.0 Å². The van der Waals surface area contributed by atoms with Crippen LogP contribution in [0.1, 0.15) is 39.9 Å². The molecule has 1 heterocycles. The topological polar surface area (TPSA) is 103 Å². The normalized spacial score (nSPS) is 16.1. The summed E-state index contributed by atoms with van der Waals surface area (Å²) in [6.45, 7) is 4.99. The van der Waals surface area contributed by atoms with Crippen LogP contribution < -0.4 is 19.5 Å². The Balaban J connectivity index is 1.69. The van der Waals surface area contributed by atoms with Crippen molar-refractivity contribution in [1.29, 1.82) is 0 Å². The van der Waals surface area contributed by atoms with E-state index in [2.05, 4.69) is 10.0 Å². The summed E-state index contributed by atoms with van der Waals surface area (Å²) < 4.78 is 43.7. The molecular weight excluding hydrogens is 432 g/mol. The number of nitrogens with one attached hydrogen (secondary N) is 2. The number of rotatable bonds is 9. The molecule has 1 fully saturated rings. The van der Waals surface area contributed by atoms with Crippen molar-refractivity contribution in [2.75, 3.05) is 27.4 Å². The summed E-state index contributed by atoms with van der Waals surface area (Å²) in [5.41, 5.74) is 2.44. The van der Waals surface area contributed by atoms with E-state index in [0.717, 1.165) is 30.6 Å². The van der Waals surface area contributed by atoms with Crippen LogP contribution in [-0.4, -0.2) is 47.8 Å². The van der Waals surface area contributed by atoms with Gasteiger partial charge in [0.15, 0.2) is 11.5 Å². The molecule has 2 N–H and O–H groups in total. The Bertz CT molecular complexity index is 1080. The molecule has 1 atom stereocenters. The number of hydrogen-bond acceptors (Lipinski definition) is 6. The van der Waals surface area contributed by atoms with E-state index < -0.39 is 10.0 Å². The molecule has 0 saturated carbocycles. The Morgan fingerprint density at radius 3 is 2.62 bits per heavy atom. The summed E-state index contributed by atoms with van der Waals surface area (Å²) in [4.78, 5) is 12.8. The maximum Gasteiger partial charge on any atom is 0.251 e. The molecule has 2 aromatic carbocycles. The molecule has 32 heavy (non-hydrogen) atoms. The van der Waals surface area contributed by atoms with Gasteiger partial charge in [-0.3, -0.25) is 4.79 Å². The maximum atomic E-state index is 12.7. The van der Waals surface area contributed by atoms with Crippen molar-refractivity contribution < 1.29 is 27.4 Å². The third-order valence-electron chi connectivity index (χ3n) is 5.57. The number of amides is 1. The van der Waals surface area contributed by atoms with Crippen molar-refractivity contribution >= 4 is 15.9 Å². The van der Waals surface area contributed by atoms with E-state index in [9.17, 15) is 13.2 Å². The predicted molar refractivity (Wildman–Crippen MR) is 121 cm³/mol.